The molecule has 2 saturated heterocycles. The van der Waals surface area contributed by atoms with Crippen LogP contribution in [0.25, 0.3) is 0 Å². The molecule has 1 aromatic rings. The zero-order chi connectivity index (χ0) is 19.9. The molecule has 1 aromatic heterocycles. The summed E-state index contributed by atoms with van der Waals surface area (Å²) < 4.78 is 7.64. The number of rotatable bonds is 4. The topological polar surface area (TPSA) is 134 Å². The number of amides is 1. The van der Waals surface area contributed by atoms with Crippen molar-refractivity contribution in [3.8, 4) is 6.01 Å². The van der Waals surface area contributed by atoms with E-state index in [2.05, 4.69) is 9.88 Å². The van der Waals surface area contributed by atoms with Crippen LogP contribution < -0.4 is 4.74 Å². The molecule has 152 valence electrons. The molecule has 4 rings (SSSR count). The normalized spacial score (nSPS) is 23.2. The van der Waals surface area contributed by atoms with Crippen LogP contribution in [0, 0.1) is 10.1 Å². The van der Waals surface area contributed by atoms with Crippen LogP contribution in [0.15, 0.2) is 6.20 Å². The molecule has 1 N–H and O–H groups in total. The monoisotopic (exact) mass is 394 g/mol. The molecular weight excluding hydrogens is 372 g/mol. The third-order valence-corrected chi connectivity index (χ3v) is 5.84. The van der Waals surface area contributed by atoms with Crippen molar-refractivity contribution in [2.45, 2.75) is 31.2 Å². The number of carbonyl (C=O) groups is 2. The number of aromatic nitrogens is 2. The number of piperazine rings is 1. The minimum absolute atomic E-state index is 0.219. The minimum atomic E-state index is -0.932. The fraction of sp³-hybridized carbons (Fsp3) is 0.688. The maximum atomic E-state index is 11.7. The summed E-state index contributed by atoms with van der Waals surface area (Å²) in [6, 6.07) is 0.275. The van der Waals surface area contributed by atoms with Gasteiger partial charge >= 0.3 is 17.9 Å². The number of piperidine rings is 1. The van der Waals surface area contributed by atoms with Crippen LogP contribution in [0.1, 0.15) is 12.8 Å². The lowest BCUT2D eigenvalue weighted by atomic mass is 9.91. The number of hydrogen-bond donors (Lipinski definition) is 1. The second kappa shape index (κ2) is 7.02. The lowest BCUT2D eigenvalue weighted by Gasteiger charge is -2.44. The van der Waals surface area contributed by atoms with Crippen LogP contribution >= 0.6 is 0 Å². The predicted molar refractivity (Wildman–Crippen MR) is 94.1 cm³/mol. The highest BCUT2D eigenvalue weighted by molar-refractivity contribution is 5.65. The molecule has 28 heavy (non-hydrogen) atoms. The van der Waals surface area contributed by atoms with Gasteiger partial charge in [-0.1, -0.05) is 0 Å². The van der Waals surface area contributed by atoms with Gasteiger partial charge in [-0.3, -0.25) is 14.4 Å². The summed E-state index contributed by atoms with van der Waals surface area (Å²) in [4.78, 5) is 42.4. The minimum Gasteiger partial charge on any atom is -0.465 e. The Morgan fingerprint density at radius 1 is 1.25 bits per heavy atom. The van der Waals surface area contributed by atoms with E-state index >= 15 is 0 Å². The van der Waals surface area contributed by atoms with Crippen molar-refractivity contribution in [1.82, 2.24) is 24.3 Å². The SMILES string of the molecule is O=CC(N1CCN(C(=O)O)CC1)N1CCC2(CC1)Cn1cc([N+](=O)[O-])nc1O2. The van der Waals surface area contributed by atoms with Gasteiger partial charge in [0.2, 0.25) is 0 Å². The summed E-state index contributed by atoms with van der Waals surface area (Å²) in [5, 5.41) is 19.9. The number of nitro groups is 1. The largest absolute Gasteiger partial charge is 0.465 e. The maximum Gasteiger partial charge on any atom is 0.415 e. The Morgan fingerprint density at radius 3 is 2.43 bits per heavy atom. The molecule has 1 unspecified atom stereocenters. The summed E-state index contributed by atoms with van der Waals surface area (Å²) in [5.74, 6) is -0.219. The van der Waals surface area contributed by atoms with Crippen LogP contribution in [-0.4, -0.2) is 97.7 Å². The third-order valence-electron chi connectivity index (χ3n) is 5.84. The number of hydrogen-bond acceptors (Lipinski definition) is 8. The van der Waals surface area contributed by atoms with Gasteiger partial charge in [0, 0.05) is 57.1 Å². The van der Waals surface area contributed by atoms with Gasteiger partial charge in [0.05, 0.1) is 6.54 Å². The van der Waals surface area contributed by atoms with Crippen molar-refractivity contribution in [2.75, 3.05) is 39.3 Å². The van der Waals surface area contributed by atoms with E-state index in [-0.39, 0.29) is 18.0 Å². The zero-order valence-electron chi connectivity index (χ0n) is 15.3. The summed E-state index contributed by atoms with van der Waals surface area (Å²) in [6.45, 7) is 3.63. The van der Waals surface area contributed by atoms with Crippen molar-refractivity contribution in [1.29, 1.82) is 0 Å². The van der Waals surface area contributed by atoms with Gasteiger partial charge < -0.3 is 29.7 Å². The van der Waals surface area contributed by atoms with Gasteiger partial charge in [-0.25, -0.2) is 4.79 Å². The van der Waals surface area contributed by atoms with E-state index < -0.39 is 16.6 Å². The standard InChI is InChI=1S/C16H22N6O6/c23-10-13(19-5-7-20(8-6-19)15(24)25)18-3-1-16(2-4-18)11-21-9-12(22(26)27)17-14(21)28-16/h9-10,13H,1-8,11H2,(H,24,25). The Kier molecular flexibility index (Phi) is 4.67. The molecule has 3 aliphatic heterocycles. The van der Waals surface area contributed by atoms with Crippen LogP contribution in [0.3, 0.4) is 0 Å². The molecule has 1 amide bonds. The summed E-state index contributed by atoms with van der Waals surface area (Å²) in [7, 11) is 0. The number of ether oxygens (including phenoxy) is 1. The quantitative estimate of drug-likeness (QED) is 0.420. The van der Waals surface area contributed by atoms with Gasteiger partial charge in [0.25, 0.3) is 0 Å². The number of carboxylic acid groups (broad SMARTS) is 1. The summed E-state index contributed by atoms with van der Waals surface area (Å²) >= 11 is 0. The van der Waals surface area contributed by atoms with E-state index in [1.807, 2.05) is 4.90 Å². The smallest absolute Gasteiger partial charge is 0.415 e. The predicted octanol–water partition coefficient (Wildman–Crippen LogP) is -0.161. The third kappa shape index (κ3) is 3.29. The van der Waals surface area contributed by atoms with Crippen LogP contribution in [0.4, 0.5) is 10.6 Å². The Hall–Kier alpha value is -2.73. The average Bonchev–Trinajstić information content (AvgIpc) is 3.20. The molecule has 12 heteroatoms. The molecule has 1 spiro atoms. The molecule has 12 nitrogen and oxygen atoms in total. The Labute approximate surface area is 160 Å². The van der Waals surface area contributed by atoms with Gasteiger partial charge in [0.15, 0.2) is 6.29 Å². The van der Waals surface area contributed by atoms with Crippen LogP contribution in [0.5, 0.6) is 6.01 Å². The first-order chi connectivity index (χ1) is 13.4. The molecule has 0 radical (unpaired) electrons. The van der Waals surface area contributed by atoms with E-state index in [0.717, 1.165) is 6.29 Å². The molecule has 0 aromatic carbocycles. The van der Waals surface area contributed by atoms with Gasteiger partial charge in [0.1, 0.15) is 18.0 Å². The first-order valence-electron chi connectivity index (χ1n) is 9.23. The molecular formula is C16H22N6O6. The number of fused-ring (bicyclic) bond motifs is 1. The molecule has 0 aliphatic carbocycles. The number of imidazole rings is 1. The van der Waals surface area contributed by atoms with E-state index in [1.165, 1.54) is 11.1 Å². The molecule has 4 heterocycles. The summed E-state index contributed by atoms with van der Waals surface area (Å²) in [6.07, 6.45) is 2.36. The Morgan fingerprint density at radius 2 is 1.89 bits per heavy atom. The van der Waals surface area contributed by atoms with Crippen molar-refractivity contribution < 1.29 is 24.4 Å². The number of likely N-dealkylation sites (tertiary alicyclic amines) is 1. The average molecular weight is 394 g/mol. The fourth-order valence-electron chi connectivity index (χ4n) is 4.24. The Balaban J connectivity index is 1.34. The second-order valence-corrected chi connectivity index (χ2v) is 7.44. The van der Waals surface area contributed by atoms with Crippen molar-refractivity contribution in [3.63, 3.8) is 0 Å². The number of carbonyl (C=O) groups excluding carboxylic acids is 1. The zero-order valence-corrected chi connectivity index (χ0v) is 15.3. The van der Waals surface area contributed by atoms with Crippen molar-refractivity contribution >= 4 is 18.2 Å². The molecule has 3 aliphatic rings. The molecule has 2 fully saturated rings. The first kappa shape index (κ1) is 18.6. The molecule has 1 atom stereocenters. The Bertz CT molecular complexity index is 755. The lowest BCUT2D eigenvalue weighted by Crippen LogP contribution is -2.60. The van der Waals surface area contributed by atoms with E-state index in [1.54, 1.807) is 4.57 Å². The van der Waals surface area contributed by atoms with E-state index in [9.17, 15) is 19.7 Å². The maximum absolute atomic E-state index is 11.7. The fourth-order valence-corrected chi connectivity index (χ4v) is 4.24. The number of aldehydes is 1. The summed E-state index contributed by atoms with van der Waals surface area (Å²) in [5.41, 5.74) is -0.441. The second-order valence-electron chi connectivity index (χ2n) is 7.44. The van der Waals surface area contributed by atoms with E-state index in [0.29, 0.717) is 58.7 Å². The van der Waals surface area contributed by atoms with E-state index in [4.69, 9.17) is 9.84 Å². The highest BCUT2D eigenvalue weighted by Gasteiger charge is 2.47. The van der Waals surface area contributed by atoms with Gasteiger partial charge in [-0.05, 0) is 4.92 Å². The van der Waals surface area contributed by atoms with Crippen molar-refractivity contribution in [3.05, 3.63) is 16.3 Å². The highest BCUT2D eigenvalue weighted by Crippen LogP contribution is 2.38. The van der Waals surface area contributed by atoms with Crippen LogP contribution in [-0.2, 0) is 11.3 Å². The first-order valence-corrected chi connectivity index (χ1v) is 9.23. The number of nitrogens with zero attached hydrogens (tertiary/aromatic N) is 6. The van der Waals surface area contributed by atoms with Gasteiger partial charge in [-0.15, -0.1) is 0 Å². The van der Waals surface area contributed by atoms with Crippen LogP contribution in [0.2, 0.25) is 0 Å². The van der Waals surface area contributed by atoms with Gasteiger partial charge in [-0.2, -0.15) is 0 Å². The molecule has 0 saturated carbocycles. The highest BCUT2D eigenvalue weighted by atomic mass is 16.6. The van der Waals surface area contributed by atoms with Crippen molar-refractivity contribution in [2.24, 2.45) is 0 Å². The molecule has 0 bridgehead atoms. The lowest BCUT2D eigenvalue weighted by molar-refractivity contribution is -0.389.